The lowest BCUT2D eigenvalue weighted by atomic mass is 9.90. The molecule has 0 saturated carbocycles. The van der Waals surface area contributed by atoms with Crippen molar-refractivity contribution in [2.24, 2.45) is 0 Å². The predicted octanol–water partition coefficient (Wildman–Crippen LogP) is 2.64. The molecule has 104 valence electrons. The van der Waals surface area contributed by atoms with Crippen LogP contribution in [-0.4, -0.2) is 27.5 Å². The van der Waals surface area contributed by atoms with E-state index in [4.69, 9.17) is 0 Å². The third-order valence-corrected chi connectivity index (χ3v) is 4.44. The average Bonchev–Trinajstić information content (AvgIpc) is 2.83. The van der Waals surface area contributed by atoms with Crippen LogP contribution in [0, 0.1) is 6.92 Å². The van der Waals surface area contributed by atoms with Gasteiger partial charge in [-0.3, -0.25) is 9.69 Å². The summed E-state index contributed by atoms with van der Waals surface area (Å²) in [6.07, 6.45) is 0. The Balaban J connectivity index is 1.84. The standard InChI is InChI=1S/C15H16N2O2S/c1-10-16-12(9-20-10)7-17-6-11-4-2-3-5-13(11)14(8-17)15(18)19/h2-5,9,14H,6-8H2,1H3,(H,18,19). The molecule has 1 unspecified atom stereocenters. The second-order valence-corrected chi connectivity index (χ2v) is 6.18. The Kier molecular flexibility index (Phi) is 3.54. The van der Waals surface area contributed by atoms with E-state index in [0.29, 0.717) is 13.1 Å². The Bertz CT molecular complexity index is 638. The van der Waals surface area contributed by atoms with Gasteiger partial charge in [-0.05, 0) is 18.1 Å². The zero-order valence-corrected chi connectivity index (χ0v) is 12.1. The molecule has 1 aromatic carbocycles. The van der Waals surface area contributed by atoms with Crippen molar-refractivity contribution in [2.75, 3.05) is 6.54 Å². The summed E-state index contributed by atoms with van der Waals surface area (Å²) in [5, 5.41) is 12.5. The highest BCUT2D eigenvalue weighted by Gasteiger charge is 2.30. The maximum Gasteiger partial charge on any atom is 0.312 e. The molecular formula is C15H16N2O2S. The zero-order valence-electron chi connectivity index (χ0n) is 11.2. The van der Waals surface area contributed by atoms with Crippen molar-refractivity contribution in [3.8, 4) is 0 Å². The van der Waals surface area contributed by atoms with Gasteiger partial charge in [0, 0.05) is 25.0 Å². The van der Waals surface area contributed by atoms with Crippen molar-refractivity contribution in [3.05, 3.63) is 51.5 Å². The van der Waals surface area contributed by atoms with Crippen molar-refractivity contribution < 1.29 is 9.90 Å². The minimum atomic E-state index is -0.753. The van der Waals surface area contributed by atoms with Gasteiger partial charge in [-0.2, -0.15) is 0 Å². The van der Waals surface area contributed by atoms with Crippen molar-refractivity contribution in [1.82, 2.24) is 9.88 Å². The van der Waals surface area contributed by atoms with E-state index in [-0.39, 0.29) is 0 Å². The fourth-order valence-electron chi connectivity index (χ4n) is 2.72. The van der Waals surface area contributed by atoms with Gasteiger partial charge in [0.1, 0.15) is 0 Å². The van der Waals surface area contributed by atoms with Crippen LogP contribution in [0.15, 0.2) is 29.6 Å². The Morgan fingerprint density at radius 3 is 3.00 bits per heavy atom. The monoisotopic (exact) mass is 288 g/mol. The van der Waals surface area contributed by atoms with Crippen LogP contribution in [0.25, 0.3) is 0 Å². The molecule has 1 atom stereocenters. The largest absolute Gasteiger partial charge is 0.481 e. The highest BCUT2D eigenvalue weighted by atomic mass is 32.1. The first-order valence-electron chi connectivity index (χ1n) is 6.57. The first kappa shape index (κ1) is 13.3. The van der Waals surface area contributed by atoms with E-state index in [1.54, 1.807) is 11.3 Å². The van der Waals surface area contributed by atoms with Crippen molar-refractivity contribution >= 4 is 17.3 Å². The van der Waals surface area contributed by atoms with Crippen molar-refractivity contribution in [3.63, 3.8) is 0 Å². The zero-order chi connectivity index (χ0) is 14.1. The third-order valence-electron chi connectivity index (χ3n) is 3.62. The Morgan fingerprint density at radius 2 is 2.30 bits per heavy atom. The number of thiazole rings is 1. The Hall–Kier alpha value is -1.72. The van der Waals surface area contributed by atoms with E-state index in [9.17, 15) is 9.90 Å². The summed E-state index contributed by atoms with van der Waals surface area (Å²) in [4.78, 5) is 18.1. The maximum atomic E-state index is 11.5. The third kappa shape index (κ3) is 2.59. The van der Waals surface area contributed by atoms with Gasteiger partial charge in [-0.25, -0.2) is 4.98 Å². The van der Waals surface area contributed by atoms with E-state index in [1.165, 1.54) is 0 Å². The van der Waals surface area contributed by atoms with Gasteiger partial charge in [-0.1, -0.05) is 24.3 Å². The lowest BCUT2D eigenvalue weighted by Gasteiger charge is -2.32. The minimum absolute atomic E-state index is 0.445. The number of nitrogens with zero attached hydrogens (tertiary/aromatic N) is 2. The Morgan fingerprint density at radius 1 is 1.50 bits per heavy atom. The van der Waals surface area contributed by atoms with Crippen LogP contribution in [0.1, 0.15) is 27.7 Å². The fourth-order valence-corrected chi connectivity index (χ4v) is 3.33. The number of aliphatic carboxylic acids is 1. The molecule has 0 spiro atoms. The molecule has 0 saturated heterocycles. The number of aromatic nitrogens is 1. The molecule has 0 radical (unpaired) electrons. The quantitative estimate of drug-likeness (QED) is 0.943. The summed E-state index contributed by atoms with van der Waals surface area (Å²) in [6, 6.07) is 7.82. The maximum absolute atomic E-state index is 11.5. The molecule has 0 fully saturated rings. The van der Waals surface area contributed by atoms with E-state index in [2.05, 4.69) is 9.88 Å². The highest BCUT2D eigenvalue weighted by Crippen LogP contribution is 2.29. The number of carbonyl (C=O) groups is 1. The van der Waals surface area contributed by atoms with Crippen molar-refractivity contribution in [2.45, 2.75) is 25.9 Å². The SMILES string of the molecule is Cc1nc(CN2Cc3ccccc3C(C(=O)O)C2)cs1. The number of aryl methyl sites for hydroxylation is 1. The summed E-state index contributed by atoms with van der Waals surface area (Å²) >= 11 is 1.63. The van der Waals surface area contributed by atoms with Gasteiger partial charge < -0.3 is 5.11 Å². The first-order chi connectivity index (χ1) is 9.63. The minimum Gasteiger partial charge on any atom is -0.481 e. The van der Waals surface area contributed by atoms with Gasteiger partial charge in [0.15, 0.2) is 0 Å². The van der Waals surface area contributed by atoms with Gasteiger partial charge >= 0.3 is 5.97 Å². The second kappa shape index (κ2) is 5.34. The molecule has 2 heterocycles. The van der Waals surface area contributed by atoms with Crippen LogP contribution in [0.3, 0.4) is 0 Å². The van der Waals surface area contributed by atoms with E-state index in [1.807, 2.05) is 36.6 Å². The number of hydrogen-bond acceptors (Lipinski definition) is 4. The van der Waals surface area contributed by atoms with Crippen LogP contribution in [-0.2, 0) is 17.9 Å². The molecule has 0 amide bonds. The number of carboxylic acid groups (broad SMARTS) is 1. The molecule has 1 N–H and O–H groups in total. The second-order valence-electron chi connectivity index (χ2n) is 5.12. The molecule has 1 aliphatic heterocycles. The smallest absolute Gasteiger partial charge is 0.312 e. The first-order valence-corrected chi connectivity index (χ1v) is 7.45. The van der Waals surface area contributed by atoms with Crippen LogP contribution in [0.4, 0.5) is 0 Å². The Labute approximate surface area is 121 Å². The molecule has 20 heavy (non-hydrogen) atoms. The predicted molar refractivity (Wildman–Crippen MR) is 77.8 cm³/mol. The summed E-state index contributed by atoms with van der Waals surface area (Å²) in [6.45, 7) is 4.03. The van der Waals surface area contributed by atoms with E-state index >= 15 is 0 Å². The molecule has 1 aliphatic rings. The molecule has 3 rings (SSSR count). The molecule has 2 aromatic rings. The lowest BCUT2D eigenvalue weighted by Crippen LogP contribution is -2.36. The van der Waals surface area contributed by atoms with Crippen molar-refractivity contribution in [1.29, 1.82) is 0 Å². The fraction of sp³-hybridized carbons (Fsp3) is 0.333. The van der Waals surface area contributed by atoms with Crippen LogP contribution in [0.2, 0.25) is 0 Å². The summed E-state index contributed by atoms with van der Waals surface area (Å²) in [7, 11) is 0. The number of rotatable bonds is 3. The normalized spacial score (nSPS) is 18.8. The summed E-state index contributed by atoms with van der Waals surface area (Å²) in [5.41, 5.74) is 3.08. The topological polar surface area (TPSA) is 53.4 Å². The molecule has 0 bridgehead atoms. The number of benzene rings is 1. The number of carboxylic acids is 1. The average molecular weight is 288 g/mol. The lowest BCUT2D eigenvalue weighted by molar-refractivity contribution is -0.139. The van der Waals surface area contributed by atoms with Gasteiger partial charge in [0.2, 0.25) is 0 Å². The molecule has 5 heteroatoms. The summed E-state index contributed by atoms with van der Waals surface area (Å²) in [5.74, 6) is -1.20. The van der Waals surface area contributed by atoms with Crippen LogP contribution >= 0.6 is 11.3 Å². The van der Waals surface area contributed by atoms with Gasteiger partial charge in [0.25, 0.3) is 0 Å². The van der Waals surface area contributed by atoms with Crippen LogP contribution in [0.5, 0.6) is 0 Å². The number of fused-ring (bicyclic) bond motifs is 1. The van der Waals surface area contributed by atoms with E-state index in [0.717, 1.165) is 28.4 Å². The summed E-state index contributed by atoms with van der Waals surface area (Å²) < 4.78 is 0. The molecule has 4 nitrogen and oxygen atoms in total. The highest BCUT2D eigenvalue weighted by molar-refractivity contribution is 7.09. The van der Waals surface area contributed by atoms with E-state index < -0.39 is 11.9 Å². The van der Waals surface area contributed by atoms with Crippen LogP contribution < -0.4 is 0 Å². The van der Waals surface area contributed by atoms with Gasteiger partial charge in [-0.15, -0.1) is 11.3 Å². The van der Waals surface area contributed by atoms with Gasteiger partial charge in [0.05, 0.1) is 16.6 Å². The molecule has 1 aromatic heterocycles. The molecule has 0 aliphatic carbocycles. The number of hydrogen-bond donors (Lipinski definition) is 1. The molecular weight excluding hydrogens is 272 g/mol.